The fourth-order valence-corrected chi connectivity index (χ4v) is 1.42. The maximum Gasteiger partial charge on any atom is 0.227 e. The minimum absolute atomic E-state index is 0.131. The molecule has 0 bridgehead atoms. The zero-order chi connectivity index (χ0) is 10.5. The van der Waals surface area contributed by atoms with Crippen LogP contribution in [0.2, 0.25) is 0 Å². The van der Waals surface area contributed by atoms with Gasteiger partial charge in [0.05, 0.1) is 0 Å². The van der Waals surface area contributed by atoms with E-state index in [-0.39, 0.29) is 5.78 Å². The van der Waals surface area contributed by atoms with E-state index in [9.17, 15) is 4.79 Å². The fraction of sp³-hybridized carbons (Fsp3) is 0.0769. The van der Waals surface area contributed by atoms with Gasteiger partial charge < -0.3 is 0 Å². The van der Waals surface area contributed by atoms with Gasteiger partial charge in [0.1, 0.15) is 0 Å². The van der Waals surface area contributed by atoms with Crippen LogP contribution in [0, 0.1) is 0 Å². The molecule has 2 heteroatoms. The van der Waals surface area contributed by atoms with E-state index in [1.54, 1.807) is 0 Å². The lowest BCUT2D eigenvalue weighted by Gasteiger charge is -1.96. The maximum absolute atomic E-state index is 11.8. The molecular weight excluding hydrogens is 186 g/mol. The SMILES string of the molecule is O=C(C[n+]1ccccc1)c1ccccc1. The average molecular weight is 198 g/mol. The fourth-order valence-electron chi connectivity index (χ4n) is 1.42. The molecule has 0 saturated heterocycles. The smallest absolute Gasteiger partial charge is 0.227 e. The second kappa shape index (κ2) is 4.51. The van der Waals surface area contributed by atoms with Crippen molar-refractivity contribution in [1.29, 1.82) is 0 Å². The van der Waals surface area contributed by atoms with Crippen molar-refractivity contribution in [3.8, 4) is 0 Å². The van der Waals surface area contributed by atoms with Crippen molar-refractivity contribution in [2.75, 3.05) is 0 Å². The van der Waals surface area contributed by atoms with Crippen molar-refractivity contribution >= 4 is 5.78 Å². The number of aromatic nitrogens is 1. The van der Waals surface area contributed by atoms with Crippen LogP contribution in [0.4, 0.5) is 0 Å². The number of carbonyl (C=O) groups excluding carboxylic acids is 1. The summed E-state index contributed by atoms with van der Waals surface area (Å²) < 4.78 is 1.87. The Morgan fingerprint density at radius 2 is 1.53 bits per heavy atom. The van der Waals surface area contributed by atoms with Crippen molar-refractivity contribution in [3.05, 3.63) is 66.5 Å². The highest BCUT2D eigenvalue weighted by Gasteiger charge is 2.10. The molecule has 74 valence electrons. The molecule has 1 aromatic heterocycles. The van der Waals surface area contributed by atoms with Crippen LogP contribution in [0.25, 0.3) is 0 Å². The van der Waals surface area contributed by atoms with Crippen LogP contribution in [0.3, 0.4) is 0 Å². The summed E-state index contributed by atoms with van der Waals surface area (Å²) in [6.07, 6.45) is 3.78. The Morgan fingerprint density at radius 3 is 2.20 bits per heavy atom. The topological polar surface area (TPSA) is 20.9 Å². The Labute approximate surface area is 88.8 Å². The summed E-state index contributed by atoms with van der Waals surface area (Å²) in [6, 6.07) is 15.1. The van der Waals surface area contributed by atoms with Crippen molar-refractivity contribution in [2.45, 2.75) is 6.54 Å². The first kappa shape index (κ1) is 9.59. The van der Waals surface area contributed by atoms with Gasteiger partial charge in [0.15, 0.2) is 12.4 Å². The average Bonchev–Trinajstić information content (AvgIpc) is 2.31. The van der Waals surface area contributed by atoms with E-state index in [0.717, 1.165) is 5.56 Å². The van der Waals surface area contributed by atoms with Crippen LogP contribution >= 0.6 is 0 Å². The minimum Gasteiger partial charge on any atom is -0.287 e. The molecular formula is C13H12NO+. The van der Waals surface area contributed by atoms with Crippen molar-refractivity contribution in [2.24, 2.45) is 0 Å². The standard InChI is InChI=1S/C13H12NO/c15-13(12-7-3-1-4-8-12)11-14-9-5-2-6-10-14/h1-10H,11H2/q+1. The third-order valence-corrected chi connectivity index (χ3v) is 2.20. The molecule has 0 saturated carbocycles. The quantitative estimate of drug-likeness (QED) is 0.544. The van der Waals surface area contributed by atoms with Gasteiger partial charge in [0, 0.05) is 17.7 Å². The monoisotopic (exact) mass is 198 g/mol. The van der Waals surface area contributed by atoms with Crippen LogP contribution in [-0.4, -0.2) is 5.78 Å². The van der Waals surface area contributed by atoms with Crippen molar-refractivity contribution in [3.63, 3.8) is 0 Å². The van der Waals surface area contributed by atoms with Gasteiger partial charge in [-0.1, -0.05) is 36.4 Å². The summed E-state index contributed by atoms with van der Waals surface area (Å²) in [5.74, 6) is 0.131. The number of carbonyl (C=O) groups is 1. The Kier molecular flexibility index (Phi) is 2.88. The van der Waals surface area contributed by atoms with Gasteiger partial charge in [-0.25, -0.2) is 0 Å². The lowest BCUT2D eigenvalue weighted by atomic mass is 10.1. The number of rotatable bonds is 3. The van der Waals surface area contributed by atoms with Crippen LogP contribution in [0.15, 0.2) is 60.9 Å². The number of hydrogen-bond acceptors (Lipinski definition) is 1. The molecule has 0 unspecified atom stereocenters. The highest BCUT2D eigenvalue weighted by atomic mass is 16.1. The van der Waals surface area contributed by atoms with Crippen LogP contribution in [-0.2, 0) is 6.54 Å². The molecule has 0 fully saturated rings. The molecule has 0 aliphatic rings. The molecule has 0 N–H and O–H groups in total. The molecule has 0 atom stereocenters. The molecule has 0 amide bonds. The number of ketones is 1. The van der Waals surface area contributed by atoms with E-state index in [2.05, 4.69) is 0 Å². The molecule has 0 radical (unpaired) electrons. The summed E-state index contributed by atoms with van der Waals surface area (Å²) in [4.78, 5) is 11.8. The van der Waals surface area contributed by atoms with E-state index in [4.69, 9.17) is 0 Å². The summed E-state index contributed by atoms with van der Waals surface area (Å²) in [7, 11) is 0. The third-order valence-electron chi connectivity index (χ3n) is 2.20. The van der Waals surface area contributed by atoms with E-state index in [1.165, 1.54) is 0 Å². The first-order valence-corrected chi connectivity index (χ1v) is 4.88. The third kappa shape index (κ3) is 2.50. The molecule has 2 aromatic rings. The zero-order valence-corrected chi connectivity index (χ0v) is 8.34. The van der Waals surface area contributed by atoms with Gasteiger partial charge in [-0.2, -0.15) is 4.57 Å². The van der Waals surface area contributed by atoms with Gasteiger partial charge in [-0.15, -0.1) is 0 Å². The van der Waals surface area contributed by atoms with Crippen LogP contribution in [0.5, 0.6) is 0 Å². The Bertz CT molecular complexity index is 437. The van der Waals surface area contributed by atoms with Gasteiger partial charge in [-0.3, -0.25) is 4.79 Å². The summed E-state index contributed by atoms with van der Waals surface area (Å²) in [6.45, 7) is 0.394. The van der Waals surface area contributed by atoms with Crippen molar-refractivity contribution in [1.82, 2.24) is 0 Å². The van der Waals surface area contributed by atoms with Gasteiger partial charge in [0.2, 0.25) is 12.3 Å². The highest BCUT2D eigenvalue weighted by molar-refractivity contribution is 5.94. The lowest BCUT2D eigenvalue weighted by Crippen LogP contribution is -2.36. The molecule has 0 aliphatic heterocycles. The lowest BCUT2D eigenvalue weighted by molar-refractivity contribution is -0.683. The molecule has 2 nitrogen and oxygen atoms in total. The number of benzene rings is 1. The Balaban J connectivity index is 2.12. The van der Waals surface area contributed by atoms with Gasteiger partial charge in [-0.05, 0) is 0 Å². The predicted octanol–water partition coefficient (Wildman–Crippen LogP) is 1.86. The largest absolute Gasteiger partial charge is 0.287 e. The maximum atomic E-state index is 11.8. The second-order valence-corrected chi connectivity index (χ2v) is 3.34. The molecule has 0 aliphatic carbocycles. The van der Waals surface area contributed by atoms with Crippen LogP contribution < -0.4 is 4.57 Å². The Morgan fingerprint density at radius 1 is 0.933 bits per heavy atom. The molecule has 0 spiro atoms. The van der Waals surface area contributed by atoms with E-state index in [1.807, 2.05) is 65.5 Å². The number of nitrogens with zero attached hydrogens (tertiary/aromatic N) is 1. The van der Waals surface area contributed by atoms with E-state index in [0.29, 0.717) is 6.54 Å². The second-order valence-electron chi connectivity index (χ2n) is 3.34. The zero-order valence-electron chi connectivity index (χ0n) is 8.34. The normalized spacial score (nSPS) is 9.87. The summed E-state index contributed by atoms with van der Waals surface area (Å²) in [5, 5.41) is 0. The predicted molar refractivity (Wildman–Crippen MR) is 57.4 cm³/mol. The summed E-state index contributed by atoms with van der Waals surface area (Å²) >= 11 is 0. The Hall–Kier alpha value is -1.96. The first-order chi connectivity index (χ1) is 7.36. The van der Waals surface area contributed by atoms with Crippen molar-refractivity contribution < 1.29 is 9.36 Å². The molecule has 1 heterocycles. The summed E-state index contributed by atoms with van der Waals surface area (Å²) in [5.41, 5.74) is 0.758. The van der Waals surface area contributed by atoms with Gasteiger partial charge in [0.25, 0.3) is 0 Å². The first-order valence-electron chi connectivity index (χ1n) is 4.88. The molecule has 2 rings (SSSR count). The number of hydrogen-bond donors (Lipinski definition) is 0. The molecule has 15 heavy (non-hydrogen) atoms. The highest BCUT2D eigenvalue weighted by Crippen LogP contribution is 1.99. The van der Waals surface area contributed by atoms with Gasteiger partial charge >= 0.3 is 0 Å². The number of Topliss-reactive ketones (excluding diaryl/α,β-unsaturated/α-hetero) is 1. The minimum atomic E-state index is 0.131. The van der Waals surface area contributed by atoms with Crippen LogP contribution in [0.1, 0.15) is 10.4 Å². The molecule has 1 aromatic carbocycles. The number of pyridine rings is 1. The van der Waals surface area contributed by atoms with E-state index < -0.39 is 0 Å². The van der Waals surface area contributed by atoms with E-state index >= 15 is 0 Å².